The van der Waals surface area contributed by atoms with Gasteiger partial charge in [0.1, 0.15) is 6.04 Å². The van der Waals surface area contributed by atoms with Crippen molar-refractivity contribution in [3.63, 3.8) is 0 Å². The van der Waals surface area contributed by atoms with Gasteiger partial charge in [0.2, 0.25) is 5.91 Å². The number of ether oxygens (including phenoxy) is 1. The van der Waals surface area contributed by atoms with Crippen LogP contribution in [0.15, 0.2) is 24.3 Å². The third-order valence-corrected chi connectivity index (χ3v) is 4.35. The third kappa shape index (κ3) is 3.63. The van der Waals surface area contributed by atoms with Crippen LogP contribution in [0.4, 0.5) is 0 Å². The summed E-state index contributed by atoms with van der Waals surface area (Å²) in [6, 6.07) is 8.02. The zero-order chi connectivity index (χ0) is 14.7. The molecule has 3 rings (SSSR count). The molecule has 2 aliphatic rings. The van der Waals surface area contributed by atoms with Crippen molar-refractivity contribution in [3.8, 4) is 0 Å². The third-order valence-electron chi connectivity index (χ3n) is 4.35. The van der Waals surface area contributed by atoms with Crippen LogP contribution < -0.4 is 5.32 Å². The van der Waals surface area contributed by atoms with E-state index in [4.69, 9.17) is 4.74 Å². The number of amides is 1. The molecule has 1 N–H and O–H groups in total. The molecule has 1 saturated carbocycles. The van der Waals surface area contributed by atoms with Crippen molar-refractivity contribution in [1.82, 2.24) is 10.2 Å². The first-order valence-electron chi connectivity index (χ1n) is 7.89. The molecule has 0 bridgehead atoms. The minimum Gasteiger partial charge on any atom is -0.379 e. The predicted octanol–water partition coefficient (Wildman–Crippen LogP) is 1.76. The van der Waals surface area contributed by atoms with Crippen molar-refractivity contribution in [2.45, 2.75) is 25.3 Å². The van der Waals surface area contributed by atoms with E-state index in [-0.39, 0.29) is 11.9 Å². The fraction of sp³-hybridized carbons (Fsp3) is 0.588. The van der Waals surface area contributed by atoms with Crippen molar-refractivity contribution >= 4 is 5.91 Å². The highest BCUT2D eigenvalue weighted by molar-refractivity contribution is 5.83. The number of likely N-dealkylation sites (N-methyl/N-ethyl adjacent to an activating group) is 1. The van der Waals surface area contributed by atoms with Crippen molar-refractivity contribution < 1.29 is 9.53 Å². The molecule has 1 aromatic carbocycles. The normalized spacial score (nSPS) is 20.9. The van der Waals surface area contributed by atoms with Crippen LogP contribution in [0.3, 0.4) is 0 Å². The lowest BCUT2D eigenvalue weighted by atomic mass is 9.93. The predicted molar refractivity (Wildman–Crippen MR) is 82.1 cm³/mol. The number of benzene rings is 1. The van der Waals surface area contributed by atoms with E-state index < -0.39 is 0 Å². The van der Waals surface area contributed by atoms with E-state index in [1.54, 1.807) is 4.90 Å². The van der Waals surface area contributed by atoms with E-state index in [1.165, 1.54) is 18.4 Å². The lowest BCUT2D eigenvalue weighted by molar-refractivity contribution is -0.133. The van der Waals surface area contributed by atoms with Gasteiger partial charge in [-0.25, -0.2) is 0 Å². The zero-order valence-corrected chi connectivity index (χ0v) is 12.7. The van der Waals surface area contributed by atoms with Gasteiger partial charge in [0.05, 0.1) is 6.61 Å². The van der Waals surface area contributed by atoms with Gasteiger partial charge in [-0.05, 0) is 36.3 Å². The molecule has 1 unspecified atom stereocenters. The van der Waals surface area contributed by atoms with Crippen LogP contribution in [-0.4, -0.2) is 44.2 Å². The van der Waals surface area contributed by atoms with Crippen LogP contribution in [-0.2, 0) is 16.0 Å². The summed E-state index contributed by atoms with van der Waals surface area (Å²) in [5, 5.41) is 3.34. The number of nitrogens with zero attached hydrogens (tertiary/aromatic N) is 1. The Bertz CT molecular complexity index is 499. The summed E-state index contributed by atoms with van der Waals surface area (Å²) in [4.78, 5) is 14.4. The Hall–Kier alpha value is -1.39. The van der Waals surface area contributed by atoms with Gasteiger partial charge < -0.3 is 15.0 Å². The Kier molecular flexibility index (Phi) is 4.56. The number of fused-ring (bicyclic) bond motifs is 1. The summed E-state index contributed by atoms with van der Waals surface area (Å²) < 4.78 is 5.62. The molecule has 114 valence electrons. The van der Waals surface area contributed by atoms with Crippen molar-refractivity contribution in [1.29, 1.82) is 0 Å². The maximum absolute atomic E-state index is 12.6. The molecule has 1 amide bonds. The van der Waals surface area contributed by atoms with Gasteiger partial charge in [0, 0.05) is 26.7 Å². The van der Waals surface area contributed by atoms with E-state index in [0.717, 1.165) is 31.1 Å². The number of carbonyl (C=O) groups is 1. The molecular formula is C17H24N2O2. The van der Waals surface area contributed by atoms with Crippen LogP contribution in [0.25, 0.3) is 0 Å². The fourth-order valence-corrected chi connectivity index (χ4v) is 2.79. The van der Waals surface area contributed by atoms with E-state index >= 15 is 0 Å². The molecule has 4 heteroatoms. The summed E-state index contributed by atoms with van der Waals surface area (Å²) in [6.07, 6.45) is 3.60. The average molecular weight is 288 g/mol. The molecular weight excluding hydrogens is 264 g/mol. The SMILES string of the molecule is CN(CCOCC1CC1)C(=O)C1NCCc2ccccc21. The highest BCUT2D eigenvalue weighted by Gasteiger charge is 2.28. The molecule has 1 heterocycles. The first kappa shape index (κ1) is 14.5. The highest BCUT2D eigenvalue weighted by Crippen LogP contribution is 2.28. The molecule has 1 fully saturated rings. The first-order valence-corrected chi connectivity index (χ1v) is 7.89. The van der Waals surface area contributed by atoms with Crippen LogP contribution in [0.2, 0.25) is 0 Å². The summed E-state index contributed by atoms with van der Waals surface area (Å²) in [5.74, 6) is 0.912. The molecule has 1 atom stereocenters. The number of rotatable bonds is 6. The fourth-order valence-electron chi connectivity index (χ4n) is 2.79. The number of hydrogen-bond acceptors (Lipinski definition) is 3. The van der Waals surface area contributed by atoms with E-state index in [0.29, 0.717) is 13.2 Å². The Morgan fingerprint density at radius 3 is 3.00 bits per heavy atom. The van der Waals surface area contributed by atoms with Gasteiger partial charge in [-0.1, -0.05) is 24.3 Å². The lowest BCUT2D eigenvalue weighted by Gasteiger charge is -2.29. The quantitative estimate of drug-likeness (QED) is 0.811. The van der Waals surface area contributed by atoms with E-state index in [9.17, 15) is 4.79 Å². The van der Waals surface area contributed by atoms with E-state index in [2.05, 4.69) is 17.4 Å². The van der Waals surface area contributed by atoms with Gasteiger partial charge in [0.15, 0.2) is 0 Å². The Labute approximate surface area is 126 Å². The standard InChI is InChI=1S/C17H24N2O2/c1-19(10-11-21-12-13-6-7-13)17(20)16-15-5-3-2-4-14(15)8-9-18-16/h2-5,13,16,18H,6-12H2,1H3. The molecule has 0 spiro atoms. The Balaban J connectivity index is 1.54. The molecule has 0 radical (unpaired) electrons. The minimum atomic E-state index is -0.205. The molecule has 0 aromatic heterocycles. The molecule has 1 aromatic rings. The highest BCUT2D eigenvalue weighted by atomic mass is 16.5. The maximum Gasteiger partial charge on any atom is 0.244 e. The summed E-state index contributed by atoms with van der Waals surface area (Å²) in [6.45, 7) is 3.00. The van der Waals surface area contributed by atoms with Gasteiger partial charge in [0.25, 0.3) is 0 Å². The molecule has 21 heavy (non-hydrogen) atoms. The maximum atomic E-state index is 12.6. The van der Waals surface area contributed by atoms with Crippen molar-refractivity contribution in [2.24, 2.45) is 5.92 Å². The number of carbonyl (C=O) groups excluding carboxylic acids is 1. The molecule has 1 aliphatic heterocycles. The largest absolute Gasteiger partial charge is 0.379 e. The monoisotopic (exact) mass is 288 g/mol. The second kappa shape index (κ2) is 6.58. The lowest BCUT2D eigenvalue weighted by Crippen LogP contribution is -2.43. The van der Waals surface area contributed by atoms with Gasteiger partial charge in [-0.3, -0.25) is 4.79 Å². The number of hydrogen-bond donors (Lipinski definition) is 1. The van der Waals surface area contributed by atoms with Gasteiger partial charge >= 0.3 is 0 Å². The number of nitrogens with one attached hydrogen (secondary N) is 1. The molecule has 1 aliphatic carbocycles. The molecule has 4 nitrogen and oxygen atoms in total. The summed E-state index contributed by atoms with van der Waals surface area (Å²) in [5.41, 5.74) is 2.41. The molecule has 0 saturated heterocycles. The first-order chi connectivity index (χ1) is 10.3. The Morgan fingerprint density at radius 1 is 1.38 bits per heavy atom. The van der Waals surface area contributed by atoms with Crippen LogP contribution >= 0.6 is 0 Å². The second-order valence-corrected chi connectivity index (χ2v) is 6.11. The zero-order valence-electron chi connectivity index (χ0n) is 12.7. The Morgan fingerprint density at radius 2 is 2.19 bits per heavy atom. The average Bonchev–Trinajstić information content (AvgIpc) is 3.34. The van der Waals surface area contributed by atoms with Gasteiger partial charge in [-0.15, -0.1) is 0 Å². The van der Waals surface area contributed by atoms with Crippen molar-refractivity contribution in [3.05, 3.63) is 35.4 Å². The topological polar surface area (TPSA) is 41.6 Å². The van der Waals surface area contributed by atoms with E-state index in [1.807, 2.05) is 19.2 Å². The second-order valence-electron chi connectivity index (χ2n) is 6.11. The van der Waals surface area contributed by atoms with Gasteiger partial charge in [-0.2, -0.15) is 0 Å². The van der Waals surface area contributed by atoms with Crippen LogP contribution in [0.5, 0.6) is 0 Å². The minimum absolute atomic E-state index is 0.136. The van der Waals surface area contributed by atoms with Crippen LogP contribution in [0, 0.1) is 5.92 Å². The summed E-state index contributed by atoms with van der Waals surface area (Å²) in [7, 11) is 1.86. The summed E-state index contributed by atoms with van der Waals surface area (Å²) >= 11 is 0. The van der Waals surface area contributed by atoms with Crippen molar-refractivity contribution in [2.75, 3.05) is 33.4 Å². The van der Waals surface area contributed by atoms with Crippen LogP contribution in [0.1, 0.15) is 30.0 Å². The smallest absolute Gasteiger partial charge is 0.244 e.